The van der Waals surface area contributed by atoms with E-state index < -0.39 is 18.1 Å². The van der Waals surface area contributed by atoms with Crippen molar-refractivity contribution in [3.63, 3.8) is 0 Å². The first-order valence-electron chi connectivity index (χ1n) is 8.82. The molecule has 26 heavy (non-hydrogen) atoms. The lowest BCUT2D eigenvalue weighted by Crippen LogP contribution is -2.57. The molecule has 1 aromatic heterocycles. The molecule has 0 aliphatic carbocycles. The fourth-order valence-electron chi connectivity index (χ4n) is 2.67. The maximum absolute atomic E-state index is 12.1. The molecule has 4 N–H and O–H groups in total. The predicted octanol–water partition coefficient (Wildman–Crippen LogP) is 0.637. The second-order valence-electron chi connectivity index (χ2n) is 7.59. The number of anilines is 1. The fraction of sp³-hybridized carbons (Fsp3) is 0.647. The van der Waals surface area contributed by atoms with Crippen molar-refractivity contribution < 1.29 is 14.4 Å². The van der Waals surface area contributed by atoms with Crippen LogP contribution in [0.1, 0.15) is 52.5 Å². The molecule has 0 saturated carbocycles. The predicted molar refractivity (Wildman–Crippen MR) is 97.1 cm³/mol. The lowest BCUT2D eigenvalue weighted by Gasteiger charge is -2.39. The van der Waals surface area contributed by atoms with E-state index in [1.54, 1.807) is 13.0 Å². The number of carbonyl (C=O) groups excluding carboxylic acids is 3. The van der Waals surface area contributed by atoms with Crippen LogP contribution in [0.2, 0.25) is 0 Å². The second kappa shape index (κ2) is 7.86. The van der Waals surface area contributed by atoms with Crippen LogP contribution in [0.15, 0.2) is 6.07 Å². The Hall–Kier alpha value is -2.42. The summed E-state index contributed by atoms with van der Waals surface area (Å²) >= 11 is 0. The summed E-state index contributed by atoms with van der Waals surface area (Å²) in [7, 11) is 0. The van der Waals surface area contributed by atoms with Crippen LogP contribution in [-0.2, 0) is 14.4 Å². The van der Waals surface area contributed by atoms with Crippen molar-refractivity contribution >= 4 is 23.5 Å². The Morgan fingerprint density at radius 3 is 2.65 bits per heavy atom. The minimum Gasteiger partial charge on any atom is -0.348 e. The number of amides is 3. The summed E-state index contributed by atoms with van der Waals surface area (Å²) in [5, 5.41) is 15.6. The van der Waals surface area contributed by atoms with Crippen LogP contribution >= 0.6 is 0 Å². The van der Waals surface area contributed by atoms with Gasteiger partial charge in [-0.05, 0) is 18.8 Å². The summed E-state index contributed by atoms with van der Waals surface area (Å²) in [6, 6.07) is 1.60. The topological polar surface area (TPSA) is 117 Å². The maximum Gasteiger partial charge on any atom is 0.314 e. The molecule has 0 spiro atoms. The van der Waals surface area contributed by atoms with Gasteiger partial charge in [-0.2, -0.15) is 5.10 Å². The van der Waals surface area contributed by atoms with Crippen molar-refractivity contribution in [2.24, 2.45) is 5.41 Å². The van der Waals surface area contributed by atoms with E-state index >= 15 is 0 Å². The molecule has 3 amide bonds. The summed E-state index contributed by atoms with van der Waals surface area (Å²) in [6.07, 6.45) is 0.493. The Kier molecular flexibility index (Phi) is 6.01. The third-order valence-corrected chi connectivity index (χ3v) is 4.18. The molecule has 0 radical (unpaired) electrons. The molecule has 1 saturated heterocycles. The molecule has 1 aromatic rings. The molecular formula is C17H28N6O3. The molecule has 0 aromatic carbocycles. The number of nitrogens with zero attached hydrogens (tertiary/aromatic N) is 2. The first-order valence-corrected chi connectivity index (χ1v) is 8.82. The van der Waals surface area contributed by atoms with Gasteiger partial charge in [-0.1, -0.05) is 27.7 Å². The van der Waals surface area contributed by atoms with Gasteiger partial charge in [-0.15, -0.1) is 0 Å². The van der Waals surface area contributed by atoms with Crippen LogP contribution in [0.5, 0.6) is 0 Å². The highest BCUT2D eigenvalue weighted by molar-refractivity contribution is 6.39. The molecule has 9 heteroatoms. The largest absolute Gasteiger partial charge is 0.348 e. The van der Waals surface area contributed by atoms with E-state index in [2.05, 4.69) is 47.1 Å². The minimum atomic E-state index is -0.769. The summed E-state index contributed by atoms with van der Waals surface area (Å²) in [5.41, 5.74) is 0.532. The Labute approximate surface area is 153 Å². The van der Waals surface area contributed by atoms with Gasteiger partial charge < -0.3 is 16.0 Å². The summed E-state index contributed by atoms with van der Waals surface area (Å²) in [5.74, 6) is -1.23. The van der Waals surface area contributed by atoms with Crippen LogP contribution in [0, 0.1) is 12.3 Å². The van der Waals surface area contributed by atoms with Crippen molar-refractivity contribution in [1.29, 1.82) is 0 Å². The van der Waals surface area contributed by atoms with Crippen LogP contribution < -0.4 is 21.3 Å². The standard InChI is InChI=1S/C17H28N6O3/c1-6-7-18-14(25)15(26)20-12-8-10(2)22-23(12)16-19-11(17(3,4)5)9-13(24)21-16/h8,11,16,19H,6-7,9H2,1-5H3,(H,18,25)(H,20,26)(H,21,24). The zero-order valence-corrected chi connectivity index (χ0v) is 16.0. The highest BCUT2D eigenvalue weighted by atomic mass is 16.2. The fourth-order valence-corrected chi connectivity index (χ4v) is 2.67. The second-order valence-corrected chi connectivity index (χ2v) is 7.59. The van der Waals surface area contributed by atoms with E-state index in [1.807, 2.05) is 6.92 Å². The van der Waals surface area contributed by atoms with E-state index in [4.69, 9.17) is 0 Å². The summed E-state index contributed by atoms with van der Waals surface area (Å²) in [6.45, 7) is 10.3. The Morgan fingerprint density at radius 1 is 1.35 bits per heavy atom. The normalized spacial score (nSPS) is 20.4. The first kappa shape index (κ1) is 19.9. The monoisotopic (exact) mass is 364 g/mol. The molecule has 2 unspecified atom stereocenters. The van der Waals surface area contributed by atoms with E-state index in [9.17, 15) is 14.4 Å². The number of carbonyl (C=O) groups is 3. The average Bonchev–Trinajstić information content (AvgIpc) is 2.91. The van der Waals surface area contributed by atoms with Crippen LogP contribution in [0.3, 0.4) is 0 Å². The molecule has 2 atom stereocenters. The molecule has 2 rings (SSSR count). The Balaban J connectivity index is 2.18. The SMILES string of the molecule is CCCNC(=O)C(=O)Nc1cc(C)nn1C1NC(=O)CC(C(C)(C)C)N1. The number of aromatic nitrogens is 2. The number of hydrogen-bond acceptors (Lipinski definition) is 5. The molecule has 1 aliphatic heterocycles. The van der Waals surface area contributed by atoms with Gasteiger partial charge in [-0.3, -0.25) is 19.7 Å². The van der Waals surface area contributed by atoms with Crippen LogP contribution in [-0.4, -0.2) is 40.1 Å². The molecule has 9 nitrogen and oxygen atoms in total. The van der Waals surface area contributed by atoms with Gasteiger partial charge in [-0.25, -0.2) is 4.68 Å². The van der Waals surface area contributed by atoms with E-state index in [0.717, 1.165) is 6.42 Å². The zero-order chi connectivity index (χ0) is 19.5. The number of aryl methyl sites for hydroxylation is 1. The van der Waals surface area contributed by atoms with Gasteiger partial charge in [0.05, 0.1) is 5.69 Å². The molecular weight excluding hydrogens is 336 g/mol. The Morgan fingerprint density at radius 2 is 2.04 bits per heavy atom. The van der Waals surface area contributed by atoms with Gasteiger partial charge in [0.2, 0.25) is 5.91 Å². The number of rotatable bonds is 4. The van der Waals surface area contributed by atoms with Crippen molar-refractivity contribution in [3.05, 3.63) is 11.8 Å². The first-order chi connectivity index (χ1) is 12.1. The number of nitrogens with one attached hydrogen (secondary N) is 4. The third-order valence-electron chi connectivity index (χ3n) is 4.18. The Bertz CT molecular complexity index is 691. The van der Waals surface area contributed by atoms with Gasteiger partial charge in [0, 0.05) is 25.1 Å². The highest BCUT2D eigenvalue weighted by Crippen LogP contribution is 2.26. The third kappa shape index (κ3) is 4.81. The highest BCUT2D eigenvalue weighted by Gasteiger charge is 2.35. The zero-order valence-electron chi connectivity index (χ0n) is 16.0. The van der Waals surface area contributed by atoms with Gasteiger partial charge in [0.1, 0.15) is 5.82 Å². The minimum absolute atomic E-state index is 0.0536. The molecule has 144 valence electrons. The van der Waals surface area contributed by atoms with Gasteiger partial charge >= 0.3 is 11.8 Å². The van der Waals surface area contributed by atoms with Gasteiger partial charge in [0.15, 0.2) is 6.29 Å². The summed E-state index contributed by atoms with van der Waals surface area (Å²) < 4.78 is 1.48. The molecule has 1 aliphatic rings. The lowest BCUT2D eigenvalue weighted by atomic mass is 9.84. The average molecular weight is 364 g/mol. The van der Waals surface area contributed by atoms with Crippen LogP contribution in [0.4, 0.5) is 5.82 Å². The lowest BCUT2D eigenvalue weighted by molar-refractivity contribution is -0.136. The van der Waals surface area contributed by atoms with Crippen LogP contribution in [0.25, 0.3) is 0 Å². The quantitative estimate of drug-likeness (QED) is 0.585. The van der Waals surface area contributed by atoms with E-state index in [1.165, 1.54) is 4.68 Å². The maximum atomic E-state index is 12.1. The van der Waals surface area contributed by atoms with E-state index in [-0.39, 0.29) is 17.4 Å². The molecule has 0 bridgehead atoms. The molecule has 2 heterocycles. The van der Waals surface area contributed by atoms with Gasteiger partial charge in [0.25, 0.3) is 0 Å². The van der Waals surface area contributed by atoms with Crippen molar-refractivity contribution in [2.75, 3.05) is 11.9 Å². The van der Waals surface area contributed by atoms with E-state index in [0.29, 0.717) is 24.5 Å². The smallest absolute Gasteiger partial charge is 0.314 e. The number of hydrogen-bond donors (Lipinski definition) is 4. The van der Waals surface area contributed by atoms with Crippen molar-refractivity contribution in [1.82, 2.24) is 25.7 Å². The molecule has 1 fully saturated rings. The van der Waals surface area contributed by atoms with Crippen molar-refractivity contribution in [2.45, 2.75) is 59.8 Å². The van der Waals surface area contributed by atoms with Crippen molar-refractivity contribution in [3.8, 4) is 0 Å². The summed E-state index contributed by atoms with van der Waals surface area (Å²) in [4.78, 5) is 36.0.